The number of sulfonamides is 1. The third kappa shape index (κ3) is 1.58. The van der Waals surface area contributed by atoms with Crippen molar-refractivity contribution in [2.75, 3.05) is 13.1 Å². The second-order valence-electron chi connectivity index (χ2n) is 2.65. The highest BCUT2D eigenvalue weighted by molar-refractivity contribution is 7.89. The Hall–Kier alpha value is -0.640. The molecule has 0 saturated carbocycles. The molecule has 1 heterocycles. The van der Waals surface area contributed by atoms with E-state index in [1.54, 1.807) is 6.07 Å². The van der Waals surface area contributed by atoms with Gasteiger partial charge in [0.15, 0.2) is 5.25 Å². The predicted molar refractivity (Wildman–Crippen MR) is 43.3 cm³/mol. The van der Waals surface area contributed by atoms with Crippen molar-refractivity contribution in [1.82, 2.24) is 9.84 Å². The molecule has 0 amide bonds. The zero-order valence-electron chi connectivity index (χ0n) is 6.82. The smallest absolute Gasteiger partial charge is 0.241 e. The van der Waals surface area contributed by atoms with E-state index in [0.717, 1.165) is 10.8 Å². The number of rotatable bonds is 2. The van der Waals surface area contributed by atoms with Crippen LogP contribution in [0.4, 0.5) is 0 Å². The van der Waals surface area contributed by atoms with Gasteiger partial charge in [-0.25, -0.2) is 13.8 Å². The normalized spacial score (nSPS) is 22.0. The number of nitrogens with one attached hydrogen (secondary N) is 1. The molecule has 1 N–H and O–H groups in total. The van der Waals surface area contributed by atoms with Crippen molar-refractivity contribution in [2.24, 2.45) is 0 Å². The van der Waals surface area contributed by atoms with Crippen LogP contribution in [-0.2, 0) is 10.0 Å². The van der Waals surface area contributed by atoms with Crippen LogP contribution in [0.3, 0.4) is 0 Å². The van der Waals surface area contributed by atoms with E-state index in [1.807, 2.05) is 0 Å². The summed E-state index contributed by atoms with van der Waals surface area (Å²) in [5.74, 6) is 0. The lowest BCUT2D eigenvalue weighted by Crippen LogP contribution is -2.41. The molecule has 0 bridgehead atoms. The molecule has 1 unspecified atom stereocenters. The van der Waals surface area contributed by atoms with Crippen molar-refractivity contribution in [3.8, 4) is 6.07 Å². The quantitative estimate of drug-likeness (QED) is 0.632. The van der Waals surface area contributed by atoms with E-state index in [1.165, 1.54) is 6.92 Å². The molecule has 1 saturated heterocycles. The van der Waals surface area contributed by atoms with E-state index < -0.39 is 15.3 Å². The molecule has 0 spiro atoms. The van der Waals surface area contributed by atoms with Crippen LogP contribution in [0.15, 0.2) is 0 Å². The molecule has 5 nitrogen and oxygen atoms in total. The first-order valence-electron chi connectivity index (χ1n) is 3.73. The number of hydrazine groups is 1. The van der Waals surface area contributed by atoms with Gasteiger partial charge in [-0.3, -0.25) is 0 Å². The maximum absolute atomic E-state index is 11.4. The zero-order chi connectivity index (χ0) is 9.19. The standard InChI is InChI=1S/C6H11N3O2S/c1-6(5-7)12(10,11)9-4-2-3-8-9/h6,8H,2-4H2,1H3. The molecule has 1 rings (SSSR count). The Morgan fingerprint density at radius 2 is 2.33 bits per heavy atom. The highest BCUT2D eigenvalue weighted by Crippen LogP contribution is 2.09. The van der Waals surface area contributed by atoms with Crippen LogP contribution < -0.4 is 5.43 Å². The van der Waals surface area contributed by atoms with Gasteiger partial charge in [0.25, 0.3) is 0 Å². The van der Waals surface area contributed by atoms with Crippen LogP contribution in [0.2, 0.25) is 0 Å². The molecule has 6 heteroatoms. The van der Waals surface area contributed by atoms with Gasteiger partial charge < -0.3 is 0 Å². The molecule has 0 aromatic rings. The minimum Gasteiger partial charge on any atom is -0.241 e. The molecule has 0 radical (unpaired) electrons. The van der Waals surface area contributed by atoms with Gasteiger partial charge in [-0.05, 0) is 13.3 Å². The third-order valence-corrected chi connectivity index (χ3v) is 3.69. The lowest BCUT2D eigenvalue weighted by atomic mass is 10.5. The fraction of sp³-hybridized carbons (Fsp3) is 0.833. The Morgan fingerprint density at radius 1 is 1.67 bits per heavy atom. The lowest BCUT2D eigenvalue weighted by Gasteiger charge is -2.16. The molecule has 0 aromatic heterocycles. The Bertz CT molecular complexity index is 286. The fourth-order valence-corrected chi connectivity index (χ4v) is 2.15. The van der Waals surface area contributed by atoms with E-state index in [0.29, 0.717) is 13.1 Å². The Labute approximate surface area is 72.0 Å². The van der Waals surface area contributed by atoms with Crippen molar-refractivity contribution >= 4 is 10.0 Å². The van der Waals surface area contributed by atoms with Gasteiger partial charge in [-0.1, -0.05) is 0 Å². The Morgan fingerprint density at radius 3 is 2.75 bits per heavy atom. The van der Waals surface area contributed by atoms with Crippen molar-refractivity contribution in [3.05, 3.63) is 0 Å². The van der Waals surface area contributed by atoms with Gasteiger partial charge in [0, 0.05) is 13.1 Å². The van der Waals surface area contributed by atoms with Crippen molar-refractivity contribution in [3.63, 3.8) is 0 Å². The largest absolute Gasteiger partial charge is 0.242 e. The summed E-state index contributed by atoms with van der Waals surface area (Å²) in [6, 6.07) is 1.71. The summed E-state index contributed by atoms with van der Waals surface area (Å²) in [6.07, 6.45) is 0.803. The van der Waals surface area contributed by atoms with Crippen LogP contribution >= 0.6 is 0 Å². The monoisotopic (exact) mass is 189 g/mol. The number of nitrogens with zero attached hydrogens (tertiary/aromatic N) is 2. The van der Waals surface area contributed by atoms with Crippen LogP contribution in [0, 0.1) is 11.3 Å². The summed E-state index contributed by atoms with van der Waals surface area (Å²) in [4.78, 5) is 0. The van der Waals surface area contributed by atoms with Crippen molar-refractivity contribution < 1.29 is 8.42 Å². The summed E-state index contributed by atoms with van der Waals surface area (Å²) in [7, 11) is -3.43. The van der Waals surface area contributed by atoms with Gasteiger partial charge in [-0.2, -0.15) is 5.26 Å². The second-order valence-corrected chi connectivity index (χ2v) is 4.83. The molecule has 1 atom stereocenters. The van der Waals surface area contributed by atoms with Crippen LogP contribution in [0.25, 0.3) is 0 Å². The first-order chi connectivity index (χ1) is 5.59. The zero-order valence-corrected chi connectivity index (χ0v) is 7.63. The molecule has 0 aromatic carbocycles. The summed E-state index contributed by atoms with van der Waals surface area (Å²) in [5.41, 5.74) is 2.71. The summed E-state index contributed by atoms with van der Waals surface area (Å²) < 4.78 is 24.0. The Balaban J connectivity index is 2.79. The van der Waals surface area contributed by atoms with E-state index in [2.05, 4.69) is 5.43 Å². The topological polar surface area (TPSA) is 73.2 Å². The maximum atomic E-state index is 11.4. The molecule has 68 valence electrons. The Kier molecular flexibility index (Phi) is 2.67. The predicted octanol–water partition coefficient (Wildman–Crippen LogP) is -0.561. The highest BCUT2D eigenvalue weighted by Gasteiger charge is 2.30. The van der Waals surface area contributed by atoms with Gasteiger partial charge in [0.05, 0.1) is 6.07 Å². The van der Waals surface area contributed by atoms with E-state index >= 15 is 0 Å². The molecule has 12 heavy (non-hydrogen) atoms. The van der Waals surface area contributed by atoms with Crippen LogP contribution in [-0.4, -0.2) is 31.2 Å². The molecular weight excluding hydrogens is 178 g/mol. The van der Waals surface area contributed by atoms with Gasteiger partial charge >= 0.3 is 0 Å². The molecule has 1 fully saturated rings. The van der Waals surface area contributed by atoms with Gasteiger partial charge in [-0.15, -0.1) is 4.41 Å². The summed E-state index contributed by atoms with van der Waals surface area (Å²) in [6.45, 7) is 2.51. The van der Waals surface area contributed by atoms with Gasteiger partial charge in [0.2, 0.25) is 10.0 Å². The number of hydrogen-bond donors (Lipinski definition) is 1. The van der Waals surface area contributed by atoms with Crippen LogP contribution in [0.5, 0.6) is 0 Å². The fourth-order valence-electron chi connectivity index (χ4n) is 0.980. The average Bonchev–Trinajstić information content (AvgIpc) is 2.55. The van der Waals surface area contributed by atoms with Crippen molar-refractivity contribution in [2.45, 2.75) is 18.6 Å². The SMILES string of the molecule is CC(C#N)S(=O)(=O)N1CCCN1. The molecule has 1 aliphatic heterocycles. The average molecular weight is 189 g/mol. The minimum atomic E-state index is -3.43. The van der Waals surface area contributed by atoms with E-state index in [9.17, 15) is 8.42 Å². The molecular formula is C6H11N3O2S. The highest BCUT2D eigenvalue weighted by atomic mass is 32.2. The third-order valence-electron chi connectivity index (χ3n) is 1.76. The number of hydrogen-bond acceptors (Lipinski definition) is 4. The van der Waals surface area contributed by atoms with Crippen molar-refractivity contribution in [1.29, 1.82) is 5.26 Å². The first-order valence-corrected chi connectivity index (χ1v) is 5.24. The number of nitriles is 1. The van der Waals surface area contributed by atoms with E-state index in [-0.39, 0.29) is 0 Å². The summed E-state index contributed by atoms with van der Waals surface area (Å²) in [5, 5.41) is 7.48. The summed E-state index contributed by atoms with van der Waals surface area (Å²) >= 11 is 0. The molecule has 1 aliphatic rings. The second kappa shape index (κ2) is 3.39. The maximum Gasteiger partial charge on any atom is 0.242 e. The van der Waals surface area contributed by atoms with Crippen LogP contribution in [0.1, 0.15) is 13.3 Å². The first kappa shape index (κ1) is 9.45. The van der Waals surface area contributed by atoms with E-state index in [4.69, 9.17) is 5.26 Å². The van der Waals surface area contributed by atoms with Gasteiger partial charge in [0.1, 0.15) is 0 Å². The lowest BCUT2D eigenvalue weighted by molar-refractivity contribution is 0.396. The minimum absolute atomic E-state index is 0.467. The molecule has 0 aliphatic carbocycles.